The van der Waals surface area contributed by atoms with Crippen LogP contribution >= 0.6 is 0 Å². The Kier molecular flexibility index (Phi) is 2.71. The lowest BCUT2D eigenvalue weighted by Crippen LogP contribution is -2.42. The molecule has 3 unspecified atom stereocenters. The van der Waals surface area contributed by atoms with Crippen LogP contribution in [0.3, 0.4) is 0 Å². The molecule has 4 heteroatoms. The average Bonchev–Trinajstić information content (AvgIpc) is 2.38. The molecular weight excluding hydrogens is 225 g/mol. The van der Waals surface area contributed by atoms with E-state index in [2.05, 4.69) is 5.32 Å². The summed E-state index contributed by atoms with van der Waals surface area (Å²) in [6.45, 7) is 0. The van der Waals surface area contributed by atoms with Gasteiger partial charge >= 0.3 is 0 Å². The maximum atomic E-state index is 11.2. The van der Waals surface area contributed by atoms with Gasteiger partial charge in [-0.05, 0) is 12.1 Å². The van der Waals surface area contributed by atoms with Crippen molar-refractivity contribution in [2.24, 2.45) is 5.92 Å². The van der Waals surface area contributed by atoms with Gasteiger partial charge < -0.3 is 10.1 Å². The van der Waals surface area contributed by atoms with Gasteiger partial charge in [0, 0.05) is 11.5 Å². The second kappa shape index (κ2) is 4.37. The molecule has 1 aliphatic heterocycles. The van der Waals surface area contributed by atoms with E-state index in [0.717, 1.165) is 11.3 Å². The van der Waals surface area contributed by atoms with Gasteiger partial charge in [0.05, 0.1) is 6.04 Å². The Bertz CT molecular complexity index is 538. The maximum Gasteiger partial charge on any atom is 0.200 e. The Morgan fingerprint density at radius 2 is 2.00 bits per heavy atom. The molecule has 1 N–H and O–H groups in total. The van der Waals surface area contributed by atoms with E-state index >= 15 is 0 Å². The van der Waals surface area contributed by atoms with Gasteiger partial charge in [-0.2, -0.15) is 0 Å². The summed E-state index contributed by atoms with van der Waals surface area (Å²) in [5, 5.41) is 2.81. The van der Waals surface area contributed by atoms with Crippen molar-refractivity contribution >= 4 is 13.7 Å². The molecule has 0 spiro atoms. The number of para-hydroxylation sites is 1. The van der Waals surface area contributed by atoms with Crippen molar-refractivity contribution in [1.29, 1.82) is 0 Å². The number of hydrogen-bond acceptors (Lipinski definition) is 2. The van der Waals surface area contributed by atoms with Crippen molar-refractivity contribution < 1.29 is 9.53 Å². The lowest BCUT2D eigenvalue weighted by atomic mass is 9.82. The molecule has 0 saturated carbocycles. The molecule has 3 atom stereocenters. The third-order valence-corrected chi connectivity index (χ3v) is 3.32. The highest BCUT2D eigenvalue weighted by atomic mass is 16.5. The standard InChI is InChI=1S/C14H12BNO2/c15-14(17)16-13-9-5-1-3-7-11(9)18-12-8-4-2-6-10(12)13/h1-9,11,13H,(H,16,17). The first-order valence-corrected chi connectivity index (χ1v) is 5.92. The van der Waals surface area contributed by atoms with Gasteiger partial charge in [0.15, 0.2) is 5.81 Å². The summed E-state index contributed by atoms with van der Waals surface area (Å²) in [5.41, 5.74) is 0.970. The van der Waals surface area contributed by atoms with E-state index < -0.39 is 5.81 Å². The van der Waals surface area contributed by atoms with E-state index in [0.29, 0.717) is 0 Å². The molecule has 1 amide bonds. The predicted octanol–water partition coefficient (Wildman–Crippen LogP) is 2.11. The van der Waals surface area contributed by atoms with Crippen molar-refractivity contribution in [2.45, 2.75) is 12.1 Å². The lowest BCUT2D eigenvalue weighted by molar-refractivity contribution is 0.147. The van der Waals surface area contributed by atoms with Crippen LogP contribution in [0.2, 0.25) is 0 Å². The minimum absolute atomic E-state index is 0.0539. The van der Waals surface area contributed by atoms with Crippen LogP contribution in [-0.2, 0) is 0 Å². The molecule has 1 aromatic rings. The molecule has 0 bridgehead atoms. The Morgan fingerprint density at radius 1 is 1.22 bits per heavy atom. The Morgan fingerprint density at radius 3 is 2.83 bits per heavy atom. The number of carbonyl (C=O) groups is 1. The van der Waals surface area contributed by atoms with Gasteiger partial charge in [-0.3, -0.25) is 4.79 Å². The summed E-state index contributed by atoms with van der Waals surface area (Å²) < 4.78 is 5.92. The van der Waals surface area contributed by atoms with Crippen LogP contribution in [0.25, 0.3) is 0 Å². The first-order valence-electron chi connectivity index (χ1n) is 5.92. The minimum atomic E-state index is -0.515. The molecule has 1 aromatic carbocycles. The largest absolute Gasteiger partial charge is 0.485 e. The average molecular weight is 237 g/mol. The molecule has 3 nitrogen and oxygen atoms in total. The lowest BCUT2D eigenvalue weighted by Gasteiger charge is -2.38. The topological polar surface area (TPSA) is 38.3 Å². The van der Waals surface area contributed by atoms with Crippen LogP contribution in [0.15, 0.2) is 48.6 Å². The first kappa shape index (κ1) is 11.1. The third-order valence-electron chi connectivity index (χ3n) is 3.32. The minimum Gasteiger partial charge on any atom is -0.485 e. The highest BCUT2D eigenvalue weighted by Crippen LogP contribution is 2.40. The molecule has 0 fully saturated rings. The fourth-order valence-electron chi connectivity index (χ4n) is 2.55. The summed E-state index contributed by atoms with van der Waals surface area (Å²) >= 11 is 0. The normalized spacial score (nSPS) is 27.9. The number of amides is 1. The Hall–Kier alpha value is -1.97. The van der Waals surface area contributed by atoms with Crippen molar-refractivity contribution in [1.82, 2.24) is 5.32 Å². The highest BCUT2D eigenvalue weighted by molar-refractivity contribution is 6.57. The quantitative estimate of drug-likeness (QED) is 0.759. The number of nitrogens with one attached hydrogen (secondary N) is 1. The fourth-order valence-corrected chi connectivity index (χ4v) is 2.55. The number of allylic oxidation sites excluding steroid dienone is 2. The summed E-state index contributed by atoms with van der Waals surface area (Å²) in [4.78, 5) is 11.2. The number of carbonyl (C=O) groups excluding carboxylic acids is 1. The van der Waals surface area contributed by atoms with E-state index in [1.807, 2.05) is 48.6 Å². The van der Waals surface area contributed by atoms with Crippen LogP contribution in [-0.4, -0.2) is 19.8 Å². The van der Waals surface area contributed by atoms with Gasteiger partial charge in [-0.15, -0.1) is 0 Å². The van der Waals surface area contributed by atoms with Gasteiger partial charge in [-0.1, -0.05) is 36.4 Å². The third kappa shape index (κ3) is 1.84. The molecule has 1 aliphatic carbocycles. The molecule has 88 valence electrons. The summed E-state index contributed by atoms with van der Waals surface area (Å²) in [6.07, 6.45) is 7.91. The molecule has 2 aliphatic rings. The maximum absolute atomic E-state index is 11.2. The number of fused-ring (bicyclic) bond motifs is 2. The van der Waals surface area contributed by atoms with E-state index in [4.69, 9.17) is 12.6 Å². The summed E-state index contributed by atoms with van der Waals surface area (Å²) in [5.74, 6) is 0.369. The SMILES string of the molecule is [B]C(=O)NC1c2ccccc2OC2C=CC=CC21. The molecule has 0 aromatic heterocycles. The van der Waals surface area contributed by atoms with Crippen LogP contribution in [0.4, 0.5) is 4.79 Å². The van der Waals surface area contributed by atoms with Gasteiger partial charge in [0.2, 0.25) is 7.85 Å². The van der Waals surface area contributed by atoms with Crippen molar-refractivity contribution in [3.8, 4) is 5.75 Å². The molecule has 2 radical (unpaired) electrons. The zero-order chi connectivity index (χ0) is 12.5. The van der Waals surface area contributed by atoms with Crippen LogP contribution in [0.1, 0.15) is 11.6 Å². The molecule has 1 heterocycles. The van der Waals surface area contributed by atoms with Crippen molar-refractivity contribution in [3.63, 3.8) is 0 Å². The second-order valence-electron chi connectivity index (χ2n) is 4.45. The van der Waals surface area contributed by atoms with Crippen LogP contribution < -0.4 is 10.1 Å². The summed E-state index contributed by atoms with van der Waals surface area (Å²) in [6, 6.07) is 7.58. The number of benzene rings is 1. The molecule has 3 rings (SSSR count). The van der Waals surface area contributed by atoms with Gasteiger partial charge in [-0.25, -0.2) is 0 Å². The van der Waals surface area contributed by atoms with Gasteiger partial charge in [0.1, 0.15) is 11.9 Å². The molecule has 0 saturated heterocycles. The zero-order valence-electron chi connectivity index (χ0n) is 9.74. The Balaban J connectivity index is 2.04. The van der Waals surface area contributed by atoms with Crippen molar-refractivity contribution in [3.05, 3.63) is 54.1 Å². The predicted molar refractivity (Wildman–Crippen MR) is 69.7 cm³/mol. The first-order chi connectivity index (χ1) is 8.75. The highest BCUT2D eigenvalue weighted by Gasteiger charge is 2.36. The molecule has 18 heavy (non-hydrogen) atoms. The van der Waals surface area contributed by atoms with E-state index in [1.54, 1.807) is 0 Å². The zero-order valence-corrected chi connectivity index (χ0v) is 9.74. The number of rotatable bonds is 1. The summed E-state index contributed by atoms with van der Waals surface area (Å²) in [7, 11) is 5.27. The monoisotopic (exact) mass is 237 g/mol. The second-order valence-corrected chi connectivity index (χ2v) is 4.45. The molecular formula is C14H12BNO2. The van der Waals surface area contributed by atoms with Crippen LogP contribution in [0, 0.1) is 5.92 Å². The van der Waals surface area contributed by atoms with E-state index in [9.17, 15) is 4.79 Å². The van der Waals surface area contributed by atoms with E-state index in [-0.39, 0.29) is 18.1 Å². The Labute approximate surface area is 107 Å². The van der Waals surface area contributed by atoms with Crippen LogP contribution in [0.5, 0.6) is 5.75 Å². The van der Waals surface area contributed by atoms with E-state index in [1.165, 1.54) is 0 Å². The fraction of sp³-hybridized carbons (Fsp3) is 0.214. The smallest absolute Gasteiger partial charge is 0.200 e. The van der Waals surface area contributed by atoms with Gasteiger partial charge in [0.25, 0.3) is 0 Å². The number of hydrogen-bond donors (Lipinski definition) is 1. The number of ether oxygens (including phenoxy) is 1. The van der Waals surface area contributed by atoms with Crippen molar-refractivity contribution in [2.75, 3.05) is 0 Å².